The van der Waals surface area contributed by atoms with Crippen LogP contribution in [0.4, 0.5) is 0 Å². The molecule has 2 aliphatic carbocycles. The van der Waals surface area contributed by atoms with Gasteiger partial charge in [0, 0.05) is 11.0 Å². The Morgan fingerprint density at radius 1 is 1.39 bits per heavy atom. The summed E-state index contributed by atoms with van der Waals surface area (Å²) in [6.45, 7) is 8.87. The standard InChI is InChI=1S/C16H24O2/c1-11-7-8-12-15(2,3)9-6-10-16(12,4)13(11)14(17)18-5/h6,9,12H,7-8,10H2,1-5H3/t12-,16-/m0/s1. The summed E-state index contributed by atoms with van der Waals surface area (Å²) < 4.78 is 5.02. The van der Waals surface area contributed by atoms with Crippen molar-refractivity contribution in [3.8, 4) is 0 Å². The van der Waals surface area contributed by atoms with E-state index in [1.54, 1.807) is 0 Å². The third-order valence-electron chi connectivity index (χ3n) is 4.95. The van der Waals surface area contributed by atoms with E-state index in [0.717, 1.165) is 18.4 Å². The fraction of sp³-hybridized carbons (Fsp3) is 0.688. The second-order valence-corrected chi connectivity index (χ2v) is 6.58. The number of carbonyl (C=O) groups excluding carboxylic acids is 1. The fourth-order valence-corrected chi connectivity index (χ4v) is 4.14. The Morgan fingerprint density at radius 3 is 2.67 bits per heavy atom. The van der Waals surface area contributed by atoms with E-state index in [4.69, 9.17) is 4.74 Å². The van der Waals surface area contributed by atoms with Crippen LogP contribution >= 0.6 is 0 Å². The van der Waals surface area contributed by atoms with Crippen molar-refractivity contribution in [3.05, 3.63) is 23.3 Å². The average molecular weight is 248 g/mol. The van der Waals surface area contributed by atoms with Crippen molar-refractivity contribution in [2.45, 2.75) is 47.0 Å². The maximum absolute atomic E-state index is 12.1. The van der Waals surface area contributed by atoms with E-state index >= 15 is 0 Å². The van der Waals surface area contributed by atoms with E-state index in [9.17, 15) is 4.79 Å². The number of ether oxygens (including phenoxy) is 1. The van der Waals surface area contributed by atoms with Crippen molar-refractivity contribution in [1.82, 2.24) is 0 Å². The minimum absolute atomic E-state index is 0.0618. The number of rotatable bonds is 1. The molecular weight excluding hydrogens is 224 g/mol. The first kappa shape index (κ1) is 13.4. The van der Waals surface area contributed by atoms with Crippen molar-refractivity contribution in [1.29, 1.82) is 0 Å². The first-order valence-electron chi connectivity index (χ1n) is 6.79. The molecule has 2 rings (SSSR count). The highest BCUT2D eigenvalue weighted by molar-refractivity contribution is 5.91. The van der Waals surface area contributed by atoms with Crippen molar-refractivity contribution in [2.24, 2.45) is 16.7 Å². The van der Waals surface area contributed by atoms with Gasteiger partial charge in [-0.3, -0.25) is 0 Å². The maximum atomic E-state index is 12.1. The van der Waals surface area contributed by atoms with Crippen LogP contribution in [0.5, 0.6) is 0 Å². The summed E-state index contributed by atoms with van der Waals surface area (Å²) in [7, 11) is 1.49. The molecule has 0 saturated heterocycles. The molecule has 0 spiro atoms. The first-order valence-corrected chi connectivity index (χ1v) is 6.79. The quantitative estimate of drug-likeness (QED) is 0.520. The van der Waals surface area contributed by atoms with Gasteiger partial charge in [0.25, 0.3) is 0 Å². The Morgan fingerprint density at radius 2 is 2.06 bits per heavy atom. The molecule has 0 aliphatic heterocycles. The Hall–Kier alpha value is -1.05. The first-order chi connectivity index (χ1) is 8.33. The zero-order chi connectivity index (χ0) is 13.6. The highest BCUT2D eigenvalue weighted by Gasteiger charge is 2.50. The summed E-state index contributed by atoms with van der Waals surface area (Å²) >= 11 is 0. The van der Waals surface area contributed by atoms with Gasteiger partial charge in [-0.25, -0.2) is 4.79 Å². The van der Waals surface area contributed by atoms with Crippen LogP contribution in [0.25, 0.3) is 0 Å². The molecule has 0 amide bonds. The number of carbonyl (C=O) groups is 1. The number of hydrogen-bond donors (Lipinski definition) is 0. The molecule has 0 unspecified atom stereocenters. The van der Waals surface area contributed by atoms with E-state index < -0.39 is 0 Å². The normalized spacial score (nSPS) is 34.2. The van der Waals surface area contributed by atoms with Gasteiger partial charge in [-0.2, -0.15) is 0 Å². The number of fused-ring (bicyclic) bond motifs is 1. The van der Waals surface area contributed by atoms with Crippen LogP contribution in [0.3, 0.4) is 0 Å². The van der Waals surface area contributed by atoms with Gasteiger partial charge in [0.1, 0.15) is 0 Å². The molecule has 0 heterocycles. The second-order valence-electron chi connectivity index (χ2n) is 6.58. The average Bonchev–Trinajstić information content (AvgIpc) is 2.26. The molecule has 0 bridgehead atoms. The van der Waals surface area contributed by atoms with Crippen molar-refractivity contribution in [3.63, 3.8) is 0 Å². The molecule has 2 heteroatoms. The third-order valence-corrected chi connectivity index (χ3v) is 4.95. The molecule has 18 heavy (non-hydrogen) atoms. The minimum atomic E-state index is -0.134. The molecule has 2 nitrogen and oxygen atoms in total. The fourth-order valence-electron chi connectivity index (χ4n) is 4.14. The van der Waals surface area contributed by atoms with Crippen molar-refractivity contribution < 1.29 is 9.53 Å². The van der Waals surface area contributed by atoms with Crippen molar-refractivity contribution in [2.75, 3.05) is 7.11 Å². The van der Waals surface area contributed by atoms with Crippen molar-refractivity contribution >= 4 is 5.97 Å². The molecule has 2 aliphatic rings. The topological polar surface area (TPSA) is 26.3 Å². The Bertz CT molecular complexity index is 428. The summed E-state index contributed by atoms with van der Waals surface area (Å²) in [4.78, 5) is 12.1. The third kappa shape index (κ3) is 1.82. The zero-order valence-corrected chi connectivity index (χ0v) is 12.2. The Labute approximate surface area is 110 Å². The van der Waals surface area contributed by atoms with Gasteiger partial charge in [0.2, 0.25) is 0 Å². The van der Waals surface area contributed by atoms with Gasteiger partial charge in [0.05, 0.1) is 7.11 Å². The van der Waals surface area contributed by atoms with Crippen LogP contribution in [0, 0.1) is 16.7 Å². The molecule has 100 valence electrons. The minimum Gasteiger partial charge on any atom is -0.466 e. The molecular formula is C16H24O2. The molecule has 2 atom stereocenters. The van der Waals surface area contributed by atoms with Gasteiger partial charge in [0.15, 0.2) is 0 Å². The smallest absolute Gasteiger partial charge is 0.334 e. The van der Waals surface area contributed by atoms with Gasteiger partial charge in [-0.15, -0.1) is 0 Å². The largest absolute Gasteiger partial charge is 0.466 e. The molecule has 0 aromatic carbocycles. The van der Waals surface area contributed by atoms with Crippen LogP contribution in [-0.2, 0) is 9.53 Å². The molecule has 0 radical (unpaired) electrons. The highest BCUT2D eigenvalue weighted by atomic mass is 16.5. The lowest BCUT2D eigenvalue weighted by atomic mass is 9.52. The van der Waals surface area contributed by atoms with Crippen LogP contribution in [0.2, 0.25) is 0 Å². The lowest BCUT2D eigenvalue weighted by Crippen LogP contribution is -2.45. The molecule has 0 saturated carbocycles. The van der Waals surface area contributed by atoms with E-state index in [1.807, 2.05) is 0 Å². The van der Waals surface area contributed by atoms with E-state index in [-0.39, 0.29) is 16.8 Å². The van der Waals surface area contributed by atoms with E-state index in [2.05, 4.69) is 39.8 Å². The summed E-state index contributed by atoms with van der Waals surface area (Å²) in [6.07, 6.45) is 7.68. The summed E-state index contributed by atoms with van der Waals surface area (Å²) in [5.41, 5.74) is 2.24. The van der Waals surface area contributed by atoms with Gasteiger partial charge < -0.3 is 4.74 Å². The second kappa shape index (κ2) is 4.25. The molecule has 0 fully saturated rings. The molecule has 0 aromatic rings. The van der Waals surface area contributed by atoms with Crippen LogP contribution in [0.1, 0.15) is 47.0 Å². The maximum Gasteiger partial charge on any atom is 0.334 e. The SMILES string of the molecule is COC(=O)C1=C(C)CC[C@H]2C(C)(C)C=CC[C@]12C. The zero-order valence-electron chi connectivity index (χ0n) is 12.2. The van der Waals surface area contributed by atoms with Crippen LogP contribution in [0.15, 0.2) is 23.3 Å². The summed E-state index contributed by atoms with van der Waals surface area (Å²) in [6, 6.07) is 0. The lowest BCUT2D eigenvalue weighted by Gasteiger charge is -2.51. The van der Waals surface area contributed by atoms with Gasteiger partial charge in [-0.1, -0.05) is 38.5 Å². The van der Waals surface area contributed by atoms with E-state index in [1.165, 1.54) is 19.1 Å². The lowest BCUT2D eigenvalue weighted by molar-refractivity contribution is -0.138. The van der Waals surface area contributed by atoms with E-state index in [0.29, 0.717) is 5.92 Å². The van der Waals surface area contributed by atoms with Crippen LogP contribution in [-0.4, -0.2) is 13.1 Å². The predicted molar refractivity (Wildman–Crippen MR) is 73.1 cm³/mol. The predicted octanol–water partition coefficient (Wildman–Crippen LogP) is 3.88. The van der Waals surface area contributed by atoms with Gasteiger partial charge >= 0.3 is 5.97 Å². The summed E-state index contributed by atoms with van der Waals surface area (Å²) in [5, 5.41) is 0. The number of methoxy groups -OCH3 is 1. The Balaban J connectivity index is 2.53. The Kier molecular flexibility index (Phi) is 3.16. The van der Waals surface area contributed by atoms with Crippen LogP contribution < -0.4 is 0 Å². The highest BCUT2D eigenvalue weighted by Crippen LogP contribution is 2.57. The molecule has 0 N–H and O–H groups in total. The summed E-state index contributed by atoms with van der Waals surface area (Å²) in [5.74, 6) is 0.388. The number of hydrogen-bond acceptors (Lipinski definition) is 2. The monoisotopic (exact) mass is 248 g/mol. The number of esters is 1. The number of allylic oxidation sites excluding steroid dienone is 3. The van der Waals surface area contributed by atoms with Gasteiger partial charge in [-0.05, 0) is 37.5 Å². The molecule has 0 aromatic heterocycles.